The number of nitrogens with zero attached hydrogens (tertiary/aromatic N) is 3. The largest absolute Gasteiger partial charge is 0.507 e. The van der Waals surface area contributed by atoms with Gasteiger partial charge < -0.3 is 9.84 Å². The van der Waals surface area contributed by atoms with Crippen molar-refractivity contribution in [3.8, 4) is 5.75 Å². The standard InChI is InChI=1S/C34H25Cl2N3O4S2/c1-20-6-2-3-7-23(20)18-43-26-16-12-22(13-17-26)30(40)28-29(21-10-14-25(35)15-11-21)39(32(42)31(28)41)33-37-38-34(45-33)44-19-24-8-4-5-9-27(24)36/h2-17,29,40H,18-19H2,1H3/b30-28+. The number of carbonyl (C=O) groups is 2. The van der Waals surface area contributed by atoms with Crippen LogP contribution in [0.15, 0.2) is 107 Å². The summed E-state index contributed by atoms with van der Waals surface area (Å²) in [5, 5.41) is 21.4. The number of thioether (sulfide) groups is 1. The molecular weight excluding hydrogens is 649 g/mol. The highest BCUT2D eigenvalue weighted by molar-refractivity contribution is 8.00. The van der Waals surface area contributed by atoms with Gasteiger partial charge in [0.2, 0.25) is 5.13 Å². The predicted molar refractivity (Wildman–Crippen MR) is 179 cm³/mol. The first-order valence-electron chi connectivity index (χ1n) is 13.8. The number of amides is 1. The Kier molecular flexibility index (Phi) is 9.23. The second-order valence-electron chi connectivity index (χ2n) is 10.2. The smallest absolute Gasteiger partial charge is 0.301 e. The summed E-state index contributed by atoms with van der Waals surface area (Å²) in [4.78, 5) is 28.4. The van der Waals surface area contributed by atoms with E-state index in [1.165, 1.54) is 28.0 Å². The van der Waals surface area contributed by atoms with E-state index < -0.39 is 17.7 Å². The van der Waals surface area contributed by atoms with Crippen LogP contribution in [0.4, 0.5) is 5.13 Å². The number of aliphatic hydroxyl groups excluding tert-OH is 1. The molecule has 226 valence electrons. The quantitative estimate of drug-likeness (QED) is 0.0550. The monoisotopic (exact) mass is 673 g/mol. The van der Waals surface area contributed by atoms with Crippen LogP contribution >= 0.6 is 46.3 Å². The Morgan fingerprint density at radius 3 is 2.31 bits per heavy atom. The highest BCUT2D eigenvalue weighted by atomic mass is 35.5. The third-order valence-corrected chi connectivity index (χ3v) is 10.0. The number of hydrogen-bond acceptors (Lipinski definition) is 8. The maximum Gasteiger partial charge on any atom is 0.301 e. The number of aromatic nitrogens is 2. The van der Waals surface area contributed by atoms with Crippen molar-refractivity contribution in [1.82, 2.24) is 10.2 Å². The van der Waals surface area contributed by atoms with Crippen LogP contribution in [0.5, 0.6) is 5.75 Å². The van der Waals surface area contributed by atoms with Gasteiger partial charge >= 0.3 is 5.91 Å². The topological polar surface area (TPSA) is 92.6 Å². The molecule has 1 aliphatic heterocycles. The molecule has 1 amide bonds. The number of Topliss-reactive ketones (excluding diaryl/α,β-unsaturated/α-hetero) is 1. The lowest BCUT2D eigenvalue weighted by Gasteiger charge is -2.22. The number of benzene rings is 4. The van der Waals surface area contributed by atoms with Gasteiger partial charge in [-0.05, 0) is 71.6 Å². The predicted octanol–water partition coefficient (Wildman–Crippen LogP) is 8.65. The van der Waals surface area contributed by atoms with E-state index in [-0.39, 0.29) is 16.5 Å². The number of hydrogen-bond donors (Lipinski definition) is 1. The van der Waals surface area contributed by atoms with E-state index in [2.05, 4.69) is 10.2 Å². The molecule has 1 saturated heterocycles. The van der Waals surface area contributed by atoms with E-state index in [1.54, 1.807) is 48.5 Å². The molecule has 0 spiro atoms. The molecule has 1 aromatic heterocycles. The zero-order chi connectivity index (χ0) is 31.5. The fourth-order valence-corrected chi connectivity index (χ4v) is 7.18. The molecule has 1 unspecified atom stereocenters. The van der Waals surface area contributed by atoms with Crippen LogP contribution in [0.25, 0.3) is 5.76 Å². The molecule has 4 aromatic carbocycles. The van der Waals surface area contributed by atoms with Gasteiger partial charge in [-0.1, -0.05) is 101 Å². The van der Waals surface area contributed by atoms with Gasteiger partial charge in [0.05, 0.1) is 11.6 Å². The van der Waals surface area contributed by atoms with Crippen molar-refractivity contribution in [3.05, 3.63) is 140 Å². The van der Waals surface area contributed by atoms with Crippen LogP contribution in [-0.4, -0.2) is 27.0 Å². The Balaban J connectivity index is 1.30. The van der Waals surface area contributed by atoms with Crippen molar-refractivity contribution in [3.63, 3.8) is 0 Å². The lowest BCUT2D eigenvalue weighted by molar-refractivity contribution is -0.132. The van der Waals surface area contributed by atoms with E-state index in [9.17, 15) is 14.7 Å². The Labute approximate surface area is 278 Å². The van der Waals surface area contributed by atoms with Crippen LogP contribution in [0.3, 0.4) is 0 Å². The van der Waals surface area contributed by atoms with Crippen molar-refractivity contribution in [2.24, 2.45) is 0 Å². The lowest BCUT2D eigenvalue weighted by Crippen LogP contribution is -2.29. The minimum absolute atomic E-state index is 0.0589. The normalized spacial score (nSPS) is 15.9. The van der Waals surface area contributed by atoms with Crippen molar-refractivity contribution in [1.29, 1.82) is 0 Å². The second kappa shape index (κ2) is 13.5. The summed E-state index contributed by atoms with van der Waals surface area (Å²) in [7, 11) is 0. The number of halogens is 2. The summed E-state index contributed by atoms with van der Waals surface area (Å²) < 4.78 is 6.54. The zero-order valence-electron chi connectivity index (χ0n) is 23.8. The van der Waals surface area contributed by atoms with E-state index >= 15 is 0 Å². The van der Waals surface area contributed by atoms with Gasteiger partial charge in [0, 0.05) is 21.4 Å². The van der Waals surface area contributed by atoms with E-state index in [4.69, 9.17) is 27.9 Å². The van der Waals surface area contributed by atoms with Crippen molar-refractivity contribution >= 4 is 68.9 Å². The fraction of sp³-hybridized carbons (Fsp3) is 0.118. The molecule has 6 rings (SSSR count). The van der Waals surface area contributed by atoms with E-state index in [0.29, 0.717) is 43.6 Å². The molecule has 0 radical (unpaired) electrons. The van der Waals surface area contributed by atoms with Gasteiger partial charge in [0.25, 0.3) is 5.78 Å². The first-order valence-corrected chi connectivity index (χ1v) is 16.4. The van der Waals surface area contributed by atoms with Gasteiger partial charge in [-0.2, -0.15) is 0 Å². The van der Waals surface area contributed by atoms with Crippen molar-refractivity contribution in [2.45, 2.75) is 29.7 Å². The third kappa shape index (κ3) is 6.62. The van der Waals surface area contributed by atoms with E-state index in [1.807, 2.05) is 55.5 Å². The zero-order valence-corrected chi connectivity index (χ0v) is 27.0. The molecule has 45 heavy (non-hydrogen) atoms. The number of aryl methyl sites for hydroxylation is 1. The van der Waals surface area contributed by atoms with Gasteiger partial charge in [0.15, 0.2) is 4.34 Å². The lowest BCUT2D eigenvalue weighted by atomic mass is 9.95. The van der Waals surface area contributed by atoms with Crippen LogP contribution in [0.1, 0.15) is 33.9 Å². The van der Waals surface area contributed by atoms with Crippen LogP contribution < -0.4 is 9.64 Å². The molecule has 7 nitrogen and oxygen atoms in total. The van der Waals surface area contributed by atoms with Crippen LogP contribution in [-0.2, 0) is 21.9 Å². The molecule has 1 aliphatic rings. The highest BCUT2D eigenvalue weighted by Crippen LogP contribution is 2.44. The molecule has 2 heterocycles. The summed E-state index contributed by atoms with van der Waals surface area (Å²) in [5.41, 5.74) is 4.02. The van der Waals surface area contributed by atoms with E-state index in [0.717, 1.165) is 16.7 Å². The molecule has 1 fully saturated rings. The summed E-state index contributed by atoms with van der Waals surface area (Å²) in [6.07, 6.45) is 0. The maximum absolute atomic E-state index is 13.5. The Bertz CT molecular complexity index is 1910. The maximum atomic E-state index is 13.5. The molecule has 11 heteroatoms. The first kappa shape index (κ1) is 30.9. The Morgan fingerprint density at radius 1 is 0.911 bits per heavy atom. The Morgan fingerprint density at radius 2 is 1.60 bits per heavy atom. The van der Waals surface area contributed by atoms with Crippen molar-refractivity contribution < 1.29 is 19.4 Å². The second-order valence-corrected chi connectivity index (χ2v) is 13.2. The number of aliphatic hydroxyl groups is 1. The number of ether oxygens (including phenoxy) is 1. The molecule has 1 N–H and O–H groups in total. The molecule has 1 atom stereocenters. The summed E-state index contributed by atoms with van der Waals surface area (Å²) in [5.74, 6) is -0.793. The molecule has 0 bridgehead atoms. The minimum atomic E-state index is -0.950. The number of carbonyl (C=O) groups excluding carboxylic acids is 2. The highest BCUT2D eigenvalue weighted by Gasteiger charge is 2.48. The van der Waals surface area contributed by atoms with Crippen LogP contribution in [0, 0.1) is 6.92 Å². The molecular formula is C34H25Cl2N3O4S2. The van der Waals surface area contributed by atoms with Gasteiger partial charge in [-0.3, -0.25) is 14.5 Å². The Hall–Kier alpha value is -4.15. The number of rotatable bonds is 9. The third-order valence-electron chi connectivity index (χ3n) is 7.32. The minimum Gasteiger partial charge on any atom is -0.507 e. The molecule has 0 saturated carbocycles. The number of anilines is 1. The summed E-state index contributed by atoms with van der Waals surface area (Å²) in [6, 6.07) is 28.1. The molecule has 0 aliphatic carbocycles. The summed E-state index contributed by atoms with van der Waals surface area (Å²) >= 11 is 15.1. The SMILES string of the molecule is Cc1ccccc1COc1ccc(/C(O)=C2\C(=O)C(=O)N(c3nnc(SCc4ccccc4Cl)s3)C2c2ccc(Cl)cc2)cc1. The number of ketones is 1. The molecule has 5 aromatic rings. The fourth-order valence-electron chi connectivity index (χ4n) is 4.90. The summed E-state index contributed by atoms with van der Waals surface area (Å²) in [6.45, 7) is 2.41. The van der Waals surface area contributed by atoms with Crippen LogP contribution in [0.2, 0.25) is 10.0 Å². The van der Waals surface area contributed by atoms with Gasteiger partial charge in [0.1, 0.15) is 18.1 Å². The average molecular weight is 675 g/mol. The van der Waals surface area contributed by atoms with Gasteiger partial charge in [-0.25, -0.2) is 0 Å². The van der Waals surface area contributed by atoms with Crippen molar-refractivity contribution in [2.75, 3.05) is 4.90 Å². The first-order chi connectivity index (χ1) is 21.8. The average Bonchev–Trinajstić information content (AvgIpc) is 3.62. The van der Waals surface area contributed by atoms with Gasteiger partial charge in [-0.15, -0.1) is 10.2 Å².